The van der Waals surface area contributed by atoms with Crippen molar-refractivity contribution in [3.05, 3.63) is 29.0 Å². The third kappa shape index (κ3) is 8.45. The number of aromatic nitrogens is 1. The van der Waals surface area contributed by atoms with Gasteiger partial charge in [-0.05, 0) is 12.1 Å². The average Bonchev–Trinajstić information content (AvgIpc) is 2.59. The molecule has 1 aromatic heterocycles. The van der Waals surface area contributed by atoms with Crippen molar-refractivity contribution >= 4 is 35.3 Å². The van der Waals surface area contributed by atoms with Crippen LogP contribution in [0.1, 0.15) is 5.69 Å². The number of aliphatic imine (C=N–C) groups is 1. The van der Waals surface area contributed by atoms with Crippen LogP contribution in [0.5, 0.6) is 0 Å². The van der Waals surface area contributed by atoms with Crippen LogP contribution >= 0.6 is 23.4 Å². The number of thioether (sulfide) groups is 1. The van der Waals surface area contributed by atoms with E-state index in [1.165, 1.54) is 0 Å². The molecule has 5 N–H and O–H groups in total. The van der Waals surface area contributed by atoms with Gasteiger partial charge in [-0.3, -0.25) is 20.7 Å². The SMILES string of the molecule is C/N=C(/NC#N)NCCNC(=N)NCCSCc1ncccc1Cl. The lowest BCUT2D eigenvalue weighted by Gasteiger charge is -2.11. The summed E-state index contributed by atoms with van der Waals surface area (Å²) in [5, 5.41) is 28.2. The van der Waals surface area contributed by atoms with E-state index in [1.54, 1.807) is 31.2 Å². The Morgan fingerprint density at radius 2 is 2.12 bits per heavy atom. The number of rotatable bonds is 8. The van der Waals surface area contributed by atoms with Gasteiger partial charge in [0.05, 0.1) is 10.7 Å². The predicted octanol–water partition coefficient (Wildman–Crippen LogP) is 0.728. The molecule has 24 heavy (non-hydrogen) atoms. The molecule has 0 unspecified atom stereocenters. The van der Waals surface area contributed by atoms with Gasteiger partial charge in [0, 0.05) is 44.4 Å². The van der Waals surface area contributed by atoms with Crippen LogP contribution in [0.15, 0.2) is 23.3 Å². The maximum Gasteiger partial charge on any atom is 0.204 e. The van der Waals surface area contributed by atoms with Gasteiger partial charge in [-0.25, -0.2) is 0 Å². The van der Waals surface area contributed by atoms with Crippen molar-refractivity contribution in [2.75, 3.05) is 32.4 Å². The summed E-state index contributed by atoms with van der Waals surface area (Å²) < 4.78 is 0. The second kappa shape index (κ2) is 12.3. The maximum absolute atomic E-state index is 8.49. The van der Waals surface area contributed by atoms with Gasteiger partial charge in [-0.2, -0.15) is 17.0 Å². The van der Waals surface area contributed by atoms with Crippen LogP contribution < -0.4 is 21.3 Å². The summed E-state index contributed by atoms with van der Waals surface area (Å²) in [6.07, 6.45) is 3.52. The third-order valence-electron chi connectivity index (χ3n) is 2.74. The van der Waals surface area contributed by atoms with Crippen LogP contribution in [-0.2, 0) is 5.75 Å². The fourth-order valence-corrected chi connectivity index (χ4v) is 2.69. The molecule has 0 aliphatic carbocycles. The Balaban J connectivity index is 2.04. The van der Waals surface area contributed by atoms with E-state index in [-0.39, 0.29) is 5.96 Å². The zero-order valence-corrected chi connectivity index (χ0v) is 15.0. The number of nitrogens with zero attached hydrogens (tertiary/aromatic N) is 3. The molecule has 0 saturated carbocycles. The molecule has 0 saturated heterocycles. The Hall–Kier alpha value is -2.18. The molecule has 1 heterocycles. The summed E-state index contributed by atoms with van der Waals surface area (Å²) in [5.74, 6) is 2.25. The molecule has 0 amide bonds. The van der Waals surface area contributed by atoms with E-state index in [4.69, 9.17) is 22.3 Å². The zero-order chi connectivity index (χ0) is 17.6. The van der Waals surface area contributed by atoms with Gasteiger partial charge in [0.15, 0.2) is 12.2 Å². The van der Waals surface area contributed by atoms with Crippen LogP contribution in [0.2, 0.25) is 5.02 Å². The molecule has 130 valence electrons. The molecule has 8 nitrogen and oxygen atoms in total. The predicted molar refractivity (Wildman–Crippen MR) is 99.3 cm³/mol. The van der Waals surface area contributed by atoms with Gasteiger partial charge in [0.25, 0.3) is 0 Å². The summed E-state index contributed by atoms with van der Waals surface area (Å²) >= 11 is 7.74. The van der Waals surface area contributed by atoms with Crippen molar-refractivity contribution < 1.29 is 0 Å². The topological polar surface area (TPSA) is 121 Å². The van der Waals surface area contributed by atoms with Gasteiger partial charge in [-0.1, -0.05) is 11.6 Å². The van der Waals surface area contributed by atoms with Crippen LogP contribution in [0.4, 0.5) is 0 Å². The van der Waals surface area contributed by atoms with Gasteiger partial charge < -0.3 is 16.0 Å². The number of pyridine rings is 1. The minimum atomic E-state index is 0.261. The molecular weight excluding hydrogens is 348 g/mol. The Bertz CT molecular complexity index is 586. The van der Waals surface area contributed by atoms with E-state index < -0.39 is 0 Å². The molecule has 0 aliphatic rings. The zero-order valence-electron chi connectivity index (χ0n) is 13.4. The molecular formula is C14H21ClN8S. The first-order chi connectivity index (χ1) is 11.7. The molecule has 10 heteroatoms. The molecule has 0 radical (unpaired) electrons. The van der Waals surface area contributed by atoms with E-state index in [9.17, 15) is 0 Å². The van der Waals surface area contributed by atoms with Gasteiger partial charge in [0.2, 0.25) is 5.96 Å². The van der Waals surface area contributed by atoms with E-state index in [0.29, 0.717) is 30.6 Å². The van der Waals surface area contributed by atoms with Crippen molar-refractivity contribution in [2.24, 2.45) is 4.99 Å². The quantitative estimate of drug-likeness (QED) is 0.151. The normalized spacial score (nSPS) is 10.6. The lowest BCUT2D eigenvalue weighted by Crippen LogP contribution is -2.43. The van der Waals surface area contributed by atoms with E-state index in [0.717, 1.165) is 17.2 Å². The lowest BCUT2D eigenvalue weighted by atomic mass is 10.4. The number of hydrogen-bond donors (Lipinski definition) is 5. The number of nitrogens with one attached hydrogen (secondary N) is 5. The van der Waals surface area contributed by atoms with Crippen LogP contribution in [0, 0.1) is 16.9 Å². The molecule has 1 aromatic rings. The number of guanidine groups is 2. The highest BCUT2D eigenvalue weighted by Gasteiger charge is 2.01. The molecule has 0 spiro atoms. The smallest absolute Gasteiger partial charge is 0.204 e. The van der Waals surface area contributed by atoms with Crippen molar-refractivity contribution in [3.63, 3.8) is 0 Å². The third-order valence-corrected chi connectivity index (χ3v) is 4.05. The average molecular weight is 369 g/mol. The monoisotopic (exact) mass is 368 g/mol. The fourth-order valence-electron chi connectivity index (χ4n) is 1.60. The number of nitriles is 1. The highest BCUT2D eigenvalue weighted by molar-refractivity contribution is 7.98. The molecule has 0 aliphatic heterocycles. The number of hydrogen-bond acceptors (Lipinski definition) is 5. The van der Waals surface area contributed by atoms with Gasteiger partial charge >= 0.3 is 0 Å². The highest BCUT2D eigenvalue weighted by atomic mass is 35.5. The minimum absolute atomic E-state index is 0.261. The Kier molecular flexibility index (Phi) is 10.2. The first kappa shape index (κ1) is 19.9. The summed E-state index contributed by atoms with van der Waals surface area (Å²) in [4.78, 5) is 8.08. The highest BCUT2D eigenvalue weighted by Crippen LogP contribution is 2.17. The Labute approximate surface area is 151 Å². The summed E-state index contributed by atoms with van der Waals surface area (Å²) in [6.45, 7) is 1.75. The van der Waals surface area contributed by atoms with E-state index >= 15 is 0 Å². The number of halogens is 1. The maximum atomic E-state index is 8.49. The first-order valence-electron chi connectivity index (χ1n) is 7.26. The fraction of sp³-hybridized carbons (Fsp3) is 0.429. The van der Waals surface area contributed by atoms with Crippen LogP contribution in [0.25, 0.3) is 0 Å². The van der Waals surface area contributed by atoms with Crippen molar-refractivity contribution in [1.29, 1.82) is 10.7 Å². The molecule has 0 fully saturated rings. The standard InChI is InChI=1S/C14H21ClN8S/c1-18-14(23-10-16)22-6-5-20-13(17)21-7-8-24-9-12-11(15)3-2-4-19-12/h2-4H,5-9H2,1H3,(H3,17,20,21)(H2,18,22,23). The minimum Gasteiger partial charge on any atom is -0.356 e. The summed E-state index contributed by atoms with van der Waals surface area (Å²) in [5.41, 5.74) is 0.878. The van der Waals surface area contributed by atoms with Crippen LogP contribution in [0.3, 0.4) is 0 Å². The van der Waals surface area contributed by atoms with Crippen molar-refractivity contribution in [1.82, 2.24) is 26.3 Å². The lowest BCUT2D eigenvalue weighted by molar-refractivity contribution is 0.768. The van der Waals surface area contributed by atoms with Gasteiger partial charge in [0.1, 0.15) is 0 Å². The van der Waals surface area contributed by atoms with Gasteiger partial charge in [-0.15, -0.1) is 0 Å². The molecule has 0 atom stereocenters. The Morgan fingerprint density at radius 3 is 2.83 bits per heavy atom. The first-order valence-corrected chi connectivity index (χ1v) is 8.79. The largest absolute Gasteiger partial charge is 0.356 e. The second-order valence-electron chi connectivity index (χ2n) is 4.45. The van der Waals surface area contributed by atoms with E-state index in [2.05, 4.69) is 31.2 Å². The van der Waals surface area contributed by atoms with Crippen LogP contribution in [-0.4, -0.2) is 49.3 Å². The summed E-state index contributed by atoms with van der Waals surface area (Å²) in [7, 11) is 1.58. The Morgan fingerprint density at radius 1 is 1.38 bits per heavy atom. The summed E-state index contributed by atoms with van der Waals surface area (Å²) in [6, 6.07) is 3.64. The van der Waals surface area contributed by atoms with E-state index in [1.807, 2.05) is 12.1 Å². The molecule has 0 bridgehead atoms. The molecule has 1 rings (SSSR count). The molecule has 0 aromatic carbocycles. The second-order valence-corrected chi connectivity index (χ2v) is 5.96. The van der Waals surface area contributed by atoms with Crippen molar-refractivity contribution in [3.8, 4) is 6.19 Å². The van der Waals surface area contributed by atoms with Crippen molar-refractivity contribution in [2.45, 2.75) is 5.75 Å².